The molecule has 6 nitrogen and oxygen atoms in total. The zero-order valence-electron chi connectivity index (χ0n) is 16.1. The molecule has 1 amide bonds. The van der Waals surface area contributed by atoms with E-state index in [4.69, 9.17) is 0 Å². The molecule has 144 valence electrons. The summed E-state index contributed by atoms with van der Waals surface area (Å²) in [6, 6.07) is 19.7. The summed E-state index contributed by atoms with van der Waals surface area (Å²) in [6.45, 7) is 2.44. The number of nitrogens with zero attached hydrogens (tertiary/aromatic N) is 4. The van der Waals surface area contributed by atoms with Gasteiger partial charge in [0.05, 0.1) is 5.69 Å². The monoisotopic (exact) mass is 375 g/mol. The van der Waals surface area contributed by atoms with Gasteiger partial charge >= 0.3 is 0 Å². The number of likely N-dealkylation sites (tertiary alicyclic amines) is 1. The van der Waals surface area contributed by atoms with Crippen molar-refractivity contribution in [1.82, 2.24) is 25.0 Å². The molecule has 1 saturated heterocycles. The minimum atomic E-state index is -0.0901. The van der Waals surface area contributed by atoms with Crippen molar-refractivity contribution >= 4 is 5.91 Å². The Labute approximate surface area is 165 Å². The van der Waals surface area contributed by atoms with Gasteiger partial charge in [-0.2, -0.15) is 0 Å². The maximum atomic E-state index is 13.1. The molecule has 0 saturated carbocycles. The van der Waals surface area contributed by atoms with E-state index in [0.29, 0.717) is 11.7 Å². The second-order valence-corrected chi connectivity index (χ2v) is 7.19. The quantitative estimate of drug-likeness (QED) is 0.745. The molecule has 1 atom stereocenters. The number of benzene rings is 2. The van der Waals surface area contributed by atoms with Crippen molar-refractivity contribution < 1.29 is 4.79 Å². The molecule has 0 bridgehead atoms. The van der Waals surface area contributed by atoms with E-state index in [2.05, 4.69) is 15.4 Å². The molecule has 6 heteroatoms. The summed E-state index contributed by atoms with van der Waals surface area (Å²) in [6.07, 6.45) is 2.16. The molecule has 3 aromatic rings. The Morgan fingerprint density at radius 2 is 1.82 bits per heavy atom. The maximum Gasteiger partial charge on any atom is 0.293 e. The van der Waals surface area contributed by atoms with E-state index >= 15 is 0 Å². The van der Waals surface area contributed by atoms with E-state index in [0.717, 1.165) is 43.7 Å². The lowest BCUT2D eigenvalue weighted by molar-refractivity contribution is 0.0662. The first kappa shape index (κ1) is 18.4. The lowest BCUT2D eigenvalue weighted by Crippen LogP contribution is -2.42. The van der Waals surface area contributed by atoms with Crippen molar-refractivity contribution in [2.45, 2.75) is 12.8 Å². The van der Waals surface area contributed by atoms with E-state index in [1.165, 1.54) is 0 Å². The predicted octanol–water partition coefficient (Wildman–Crippen LogP) is 3.01. The fourth-order valence-electron chi connectivity index (χ4n) is 3.77. The van der Waals surface area contributed by atoms with Gasteiger partial charge in [-0.05, 0) is 44.5 Å². The van der Waals surface area contributed by atoms with Crippen LogP contribution in [0, 0.1) is 5.92 Å². The molecule has 2 heterocycles. The van der Waals surface area contributed by atoms with Gasteiger partial charge in [-0.25, -0.2) is 9.67 Å². The van der Waals surface area contributed by atoms with Crippen molar-refractivity contribution in [3.63, 3.8) is 0 Å². The van der Waals surface area contributed by atoms with Crippen LogP contribution in [0.15, 0.2) is 60.7 Å². The zero-order valence-corrected chi connectivity index (χ0v) is 16.1. The minimum absolute atomic E-state index is 0.0901. The highest BCUT2D eigenvalue weighted by atomic mass is 16.2. The van der Waals surface area contributed by atoms with Crippen LogP contribution in [0.25, 0.3) is 17.1 Å². The van der Waals surface area contributed by atoms with Crippen molar-refractivity contribution in [3.8, 4) is 17.1 Å². The molecule has 2 aromatic carbocycles. The van der Waals surface area contributed by atoms with Crippen LogP contribution in [0.3, 0.4) is 0 Å². The first-order chi connectivity index (χ1) is 13.8. The Bertz CT molecular complexity index is 864. The SMILES string of the molecule is CNCC1CCCN(C(=O)c2nc(-c3ccccc3)n(-c3ccccc3)n2)C1. The fourth-order valence-corrected chi connectivity index (χ4v) is 3.77. The number of aromatic nitrogens is 3. The molecule has 1 unspecified atom stereocenters. The van der Waals surface area contributed by atoms with Crippen LogP contribution in [0.2, 0.25) is 0 Å². The number of carbonyl (C=O) groups is 1. The van der Waals surface area contributed by atoms with Crippen molar-refractivity contribution in [2.24, 2.45) is 5.92 Å². The van der Waals surface area contributed by atoms with Gasteiger partial charge in [-0.3, -0.25) is 4.79 Å². The van der Waals surface area contributed by atoms with E-state index in [1.54, 1.807) is 4.68 Å². The van der Waals surface area contributed by atoms with Crippen LogP contribution in [-0.4, -0.2) is 52.3 Å². The molecular formula is C22H25N5O. The van der Waals surface area contributed by atoms with Gasteiger partial charge in [0, 0.05) is 18.7 Å². The third kappa shape index (κ3) is 3.82. The third-order valence-corrected chi connectivity index (χ3v) is 5.13. The zero-order chi connectivity index (χ0) is 19.3. The van der Waals surface area contributed by atoms with Crippen LogP contribution in [0.1, 0.15) is 23.5 Å². The number of nitrogens with one attached hydrogen (secondary N) is 1. The molecule has 0 aliphatic carbocycles. The van der Waals surface area contributed by atoms with Gasteiger partial charge in [0.25, 0.3) is 5.91 Å². The number of rotatable bonds is 5. The topological polar surface area (TPSA) is 63.1 Å². The van der Waals surface area contributed by atoms with E-state index in [-0.39, 0.29) is 11.7 Å². The number of amides is 1. The average Bonchev–Trinajstić information content (AvgIpc) is 3.20. The van der Waals surface area contributed by atoms with Gasteiger partial charge in [-0.15, -0.1) is 5.10 Å². The van der Waals surface area contributed by atoms with Crippen LogP contribution >= 0.6 is 0 Å². The molecule has 0 spiro atoms. The largest absolute Gasteiger partial charge is 0.336 e. The van der Waals surface area contributed by atoms with Gasteiger partial charge in [0.15, 0.2) is 5.82 Å². The Morgan fingerprint density at radius 3 is 2.54 bits per heavy atom. The first-order valence-electron chi connectivity index (χ1n) is 9.78. The molecule has 1 aliphatic rings. The molecule has 0 radical (unpaired) electrons. The van der Waals surface area contributed by atoms with Crippen molar-refractivity contribution in [3.05, 3.63) is 66.5 Å². The summed E-state index contributed by atoms with van der Waals surface area (Å²) >= 11 is 0. The molecule has 1 fully saturated rings. The number of carbonyl (C=O) groups excluding carboxylic acids is 1. The van der Waals surface area contributed by atoms with Crippen LogP contribution < -0.4 is 5.32 Å². The van der Waals surface area contributed by atoms with Crippen LogP contribution in [0.4, 0.5) is 0 Å². The van der Waals surface area contributed by atoms with E-state index in [9.17, 15) is 4.79 Å². The fraction of sp³-hybridized carbons (Fsp3) is 0.318. The average molecular weight is 375 g/mol. The number of hydrogen-bond acceptors (Lipinski definition) is 4. The highest BCUT2D eigenvalue weighted by molar-refractivity contribution is 5.91. The molecule has 4 rings (SSSR count). The lowest BCUT2D eigenvalue weighted by Gasteiger charge is -2.31. The summed E-state index contributed by atoms with van der Waals surface area (Å²) in [5.41, 5.74) is 1.82. The maximum absolute atomic E-state index is 13.1. The number of para-hydroxylation sites is 1. The Kier molecular flexibility index (Phi) is 5.48. The standard InChI is InChI=1S/C22H25N5O/c1-23-15-17-9-8-14-26(16-17)22(28)20-24-21(18-10-4-2-5-11-18)27(25-20)19-12-6-3-7-13-19/h2-7,10-13,17,23H,8-9,14-16H2,1H3. The summed E-state index contributed by atoms with van der Waals surface area (Å²) in [7, 11) is 1.95. The van der Waals surface area contributed by atoms with Crippen molar-refractivity contribution in [1.29, 1.82) is 0 Å². The second-order valence-electron chi connectivity index (χ2n) is 7.19. The Balaban J connectivity index is 1.68. The Morgan fingerprint density at radius 1 is 1.11 bits per heavy atom. The summed E-state index contributed by atoms with van der Waals surface area (Å²) in [4.78, 5) is 19.7. The Hall–Kier alpha value is -2.99. The van der Waals surface area contributed by atoms with Gasteiger partial charge in [0.2, 0.25) is 5.82 Å². The molecule has 28 heavy (non-hydrogen) atoms. The lowest BCUT2D eigenvalue weighted by atomic mass is 9.98. The van der Waals surface area contributed by atoms with Gasteiger partial charge in [0.1, 0.15) is 0 Å². The highest BCUT2D eigenvalue weighted by Gasteiger charge is 2.28. The molecule has 1 aliphatic heterocycles. The summed E-state index contributed by atoms with van der Waals surface area (Å²) in [5.74, 6) is 1.33. The molecule has 1 aromatic heterocycles. The van der Waals surface area contributed by atoms with Crippen LogP contribution in [-0.2, 0) is 0 Å². The number of piperidine rings is 1. The molecular weight excluding hydrogens is 350 g/mol. The smallest absolute Gasteiger partial charge is 0.293 e. The van der Waals surface area contributed by atoms with E-state index < -0.39 is 0 Å². The first-order valence-corrected chi connectivity index (χ1v) is 9.78. The summed E-state index contributed by atoms with van der Waals surface area (Å²) in [5, 5.41) is 7.82. The normalized spacial score (nSPS) is 16.9. The van der Waals surface area contributed by atoms with Crippen LogP contribution in [0.5, 0.6) is 0 Å². The number of hydrogen-bond donors (Lipinski definition) is 1. The third-order valence-electron chi connectivity index (χ3n) is 5.13. The second kappa shape index (κ2) is 8.35. The van der Waals surface area contributed by atoms with Crippen molar-refractivity contribution in [2.75, 3.05) is 26.7 Å². The molecule has 1 N–H and O–H groups in total. The van der Waals surface area contributed by atoms with E-state index in [1.807, 2.05) is 72.6 Å². The predicted molar refractivity (Wildman–Crippen MR) is 109 cm³/mol. The summed E-state index contributed by atoms with van der Waals surface area (Å²) < 4.78 is 1.76. The minimum Gasteiger partial charge on any atom is -0.336 e. The van der Waals surface area contributed by atoms with Gasteiger partial charge in [-0.1, -0.05) is 48.5 Å². The van der Waals surface area contributed by atoms with Gasteiger partial charge < -0.3 is 10.2 Å². The highest BCUT2D eigenvalue weighted by Crippen LogP contribution is 2.23.